The number of aryl methyl sites for hydroxylation is 2. The van der Waals surface area contributed by atoms with E-state index in [2.05, 4.69) is 51.6 Å². The molecule has 0 bridgehead atoms. The summed E-state index contributed by atoms with van der Waals surface area (Å²) in [5.74, 6) is 3.31. The number of aromatic nitrogens is 5. The van der Waals surface area contributed by atoms with Gasteiger partial charge < -0.3 is 9.15 Å². The van der Waals surface area contributed by atoms with Gasteiger partial charge in [0, 0.05) is 17.7 Å². The Morgan fingerprint density at radius 1 is 0.931 bits per heavy atom. The lowest BCUT2D eigenvalue weighted by Gasteiger charge is -2.10. The van der Waals surface area contributed by atoms with E-state index in [1.165, 1.54) is 17.3 Å². The van der Waals surface area contributed by atoms with Crippen molar-refractivity contribution in [1.82, 2.24) is 25.0 Å². The maximum atomic E-state index is 5.62. The van der Waals surface area contributed by atoms with Crippen molar-refractivity contribution in [3.63, 3.8) is 0 Å². The average Bonchev–Trinajstić information content (AvgIpc) is 3.40. The van der Waals surface area contributed by atoms with Crippen molar-refractivity contribution in [3.05, 3.63) is 65.9 Å². The molecule has 2 heterocycles. The average molecular weight is 407 g/mol. The molecule has 0 unspecified atom stereocenters. The van der Waals surface area contributed by atoms with Gasteiger partial charge in [0.2, 0.25) is 11.8 Å². The van der Waals surface area contributed by atoms with Crippen LogP contribution in [-0.4, -0.2) is 32.1 Å². The van der Waals surface area contributed by atoms with Crippen LogP contribution in [0, 0.1) is 6.92 Å². The highest BCUT2D eigenvalue weighted by Crippen LogP contribution is 2.30. The first-order chi connectivity index (χ1) is 14.2. The quantitative estimate of drug-likeness (QED) is 0.418. The van der Waals surface area contributed by atoms with Crippen molar-refractivity contribution in [3.8, 4) is 22.8 Å². The number of hydrogen-bond donors (Lipinski definition) is 0. The minimum atomic E-state index is 0.527. The fourth-order valence-electron chi connectivity index (χ4n) is 2.83. The highest BCUT2D eigenvalue weighted by Gasteiger charge is 2.17. The third-order valence-electron chi connectivity index (χ3n) is 4.41. The second kappa shape index (κ2) is 8.48. The summed E-state index contributed by atoms with van der Waals surface area (Å²) in [6, 6.07) is 16.1. The number of rotatable bonds is 7. The molecular formula is C21H21N5O2S. The second-order valence-corrected chi connectivity index (χ2v) is 7.38. The van der Waals surface area contributed by atoms with E-state index in [0.717, 1.165) is 34.4 Å². The standard InChI is InChI=1S/C21H21N5O2S/c1-4-18-22-23-19(28-18)13-29-21-25-24-20(15-7-11-17(27-3)12-8-15)26(21)16-9-5-14(2)6-10-16/h5-12H,4,13H2,1-3H3. The maximum Gasteiger partial charge on any atom is 0.226 e. The molecule has 2 aromatic carbocycles. The van der Waals surface area contributed by atoms with Crippen molar-refractivity contribution in [2.45, 2.75) is 31.2 Å². The summed E-state index contributed by atoms with van der Waals surface area (Å²) in [6.45, 7) is 4.05. The lowest BCUT2D eigenvalue weighted by Crippen LogP contribution is -2.00. The molecule has 0 aliphatic rings. The van der Waals surface area contributed by atoms with Crippen LogP contribution in [0.1, 0.15) is 24.3 Å². The minimum absolute atomic E-state index is 0.527. The Kier molecular flexibility index (Phi) is 5.62. The third kappa shape index (κ3) is 4.17. The van der Waals surface area contributed by atoms with Crippen molar-refractivity contribution in [1.29, 1.82) is 0 Å². The predicted molar refractivity (Wildman–Crippen MR) is 111 cm³/mol. The van der Waals surface area contributed by atoms with E-state index in [1.807, 2.05) is 35.8 Å². The monoisotopic (exact) mass is 407 g/mol. The van der Waals surface area contributed by atoms with Crippen LogP contribution in [0.25, 0.3) is 17.1 Å². The molecule has 8 heteroatoms. The molecule has 0 saturated carbocycles. The summed E-state index contributed by atoms with van der Waals surface area (Å²) in [5, 5.41) is 17.8. The van der Waals surface area contributed by atoms with E-state index >= 15 is 0 Å². The molecule has 7 nitrogen and oxygen atoms in total. The molecule has 2 aromatic heterocycles. The highest BCUT2D eigenvalue weighted by molar-refractivity contribution is 7.98. The number of nitrogens with zero attached hydrogens (tertiary/aromatic N) is 5. The van der Waals surface area contributed by atoms with E-state index in [9.17, 15) is 0 Å². The first kappa shape index (κ1) is 19.2. The van der Waals surface area contributed by atoms with E-state index < -0.39 is 0 Å². The first-order valence-corrected chi connectivity index (χ1v) is 10.3. The zero-order valence-corrected chi connectivity index (χ0v) is 17.3. The summed E-state index contributed by atoms with van der Waals surface area (Å²) in [6.07, 6.45) is 0.721. The first-order valence-electron chi connectivity index (χ1n) is 9.29. The number of ether oxygens (including phenoxy) is 1. The number of hydrogen-bond acceptors (Lipinski definition) is 7. The van der Waals surface area contributed by atoms with Gasteiger partial charge in [-0.25, -0.2) is 0 Å². The number of methoxy groups -OCH3 is 1. The fourth-order valence-corrected chi connectivity index (χ4v) is 3.62. The minimum Gasteiger partial charge on any atom is -0.497 e. The van der Waals surface area contributed by atoms with Gasteiger partial charge in [0.05, 0.1) is 12.9 Å². The molecule has 4 aromatic rings. The summed E-state index contributed by atoms with van der Waals surface area (Å²) in [5.41, 5.74) is 3.14. The Hall–Kier alpha value is -3.13. The van der Waals surface area contributed by atoms with E-state index in [-0.39, 0.29) is 0 Å². The van der Waals surface area contributed by atoms with E-state index in [1.54, 1.807) is 7.11 Å². The predicted octanol–water partition coefficient (Wildman–Crippen LogP) is 4.49. The smallest absolute Gasteiger partial charge is 0.226 e. The lowest BCUT2D eigenvalue weighted by atomic mass is 10.2. The fraction of sp³-hybridized carbons (Fsp3) is 0.238. The third-order valence-corrected chi connectivity index (χ3v) is 5.32. The molecule has 0 atom stereocenters. The van der Waals surface area contributed by atoms with Crippen molar-refractivity contribution >= 4 is 11.8 Å². The van der Waals surface area contributed by atoms with E-state index in [0.29, 0.717) is 17.5 Å². The normalized spacial score (nSPS) is 11.0. The molecule has 0 fully saturated rings. The molecule has 4 rings (SSSR count). The molecule has 0 radical (unpaired) electrons. The summed E-state index contributed by atoms with van der Waals surface area (Å²) >= 11 is 1.51. The molecule has 29 heavy (non-hydrogen) atoms. The molecule has 148 valence electrons. The Morgan fingerprint density at radius 2 is 1.66 bits per heavy atom. The Morgan fingerprint density at radius 3 is 2.31 bits per heavy atom. The topological polar surface area (TPSA) is 78.9 Å². The highest BCUT2D eigenvalue weighted by atomic mass is 32.2. The van der Waals surface area contributed by atoms with Gasteiger partial charge in [0.1, 0.15) is 5.75 Å². The number of benzene rings is 2. The summed E-state index contributed by atoms with van der Waals surface area (Å²) in [7, 11) is 1.65. The zero-order chi connectivity index (χ0) is 20.2. The SMILES string of the molecule is CCc1nnc(CSc2nnc(-c3ccc(OC)cc3)n2-c2ccc(C)cc2)o1. The van der Waals surface area contributed by atoms with Crippen LogP contribution >= 0.6 is 11.8 Å². The lowest BCUT2D eigenvalue weighted by molar-refractivity contribution is 0.415. The molecule has 0 aliphatic heterocycles. The van der Waals surface area contributed by atoms with Gasteiger partial charge in [0.15, 0.2) is 11.0 Å². The largest absolute Gasteiger partial charge is 0.497 e. The van der Waals surface area contributed by atoms with Crippen molar-refractivity contribution < 1.29 is 9.15 Å². The zero-order valence-electron chi connectivity index (χ0n) is 16.5. The van der Waals surface area contributed by atoms with Crippen LogP contribution in [0.2, 0.25) is 0 Å². The van der Waals surface area contributed by atoms with Crippen LogP contribution in [-0.2, 0) is 12.2 Å². The van der Waals surface area contributed by atoms with Gasteiger partial charge in [-0.15, -0.1) is 20.4 Å². The van der Waals surface area contributed by atoms with Crippen LogP contribution in [0.5, 0.6) is 5.75 Å². The van der Waals surface area contributed by atoms with Crippen molar-refractivity contribution in [2.75, 3.05) is 7.11 Å². The van der Waals surface area contributed by atoms with Gasteiger partial charge in [-0.1, -0.05) is 36.4 Å². The molecule has 0 saturated heterocycles. The van der Waals surface area contributed by atoms with Gasteiger partial charge in [-0.3, -0.25) is 4.57 Å². The maximum absolute atomic E-state index is 5.62. The summed E-state index contributed by atoms with van der Waals surface area (Å²) in [4.78, 5) is 0. The van der Waals surface area contributed by atoms with Gasteiger partial charge >= 0.3 is 0 Å². The van der Waals surface area contributed by atoms with Gasteiger partial charge in [0.25, 0.3) is 0 Å². The Bertz CT molecular complexity index is 1090. The summed E-state index contributed by atoms with van der Waals surface area (Å²) < 4.78 is 12.9. The molecule has 0 spiro atoms. The van der Waals surface area contributed by atoms with E-state index in [4.69, 9.17) is 9.15 Å². The van der Waals surface area contributed by atoms with Crippen LogP contribution in [0.3, 0.4) is 0 Å². The van der Waals surface area contributed by atoms with Crippen LogP contribution < -0.4 is 4.74 Å². The van der Waals surface area contributed by atoms with Crippen LogP contribution in [0.15, 0.2) is 58.1 Å². The Balaban J connectivity index is 1.70. The van der Waals surface area contributed by atoms with Crippen LogP contribution in [0.4, 0.5) is 0 Å². The van der Waals surface area contributed by atoms with Crippen molar-refractivity contribution in [2.24, 2.45) is 0 Å². The number of thioether (sulfide) groups is 1. The molecule has 0 aliphatic carbocycles. The molecular weight excluding hydrogens is 386 g/mol. The molecule has 0 N–H and O–H groups in total. The molecule has 0 amide bonds. The van der Waals surface area contributed by atoms with Gasteiger partial charge in [-0.05, 0) is 43.3 Å². The van der Waals surface area contributed by atoms with Gasteiger partial charge in [-0.2, -0.15) is 0 Å². The Labute approximate surface area is 173 Å². The second-order valence-electron chi connectivity index (χ2n) is 6.44.